The summed E-state index contributed by atoms with van der Waals surface area (Å²) in [5, 5.41) is 7.40. The lowest BCUT2D eigenvalue weighted by molar-refractivity contribution is 0.285. The second-order valence-electron chi connectivity index (χ2n) is 10.0. The second-order valence-corrected chi connectivity index (χ2v) is 10.9. The van der Waals surface area contributed by atoms with E-state index < -0.39 is 5.41 Å². The van der Waals surface area contributed by atoms with Gasteiger partial charge in [-0.3, -0.25) is 4.79 Å². The number of halogens is 1. The van der Waals surface area contributed by atoms with Crippen molar-refractivity contribution in [1.29, 1.82) is 0 Å². The van der Waals surface area contributed by atoms with E-state index >= 15 is 0 Å². The van der Waals surface area contributed by atoms with Gasteiger partial charge in [-0.1, -0.05) is 85.2 Å². The molecule has 192 valence electrons. The lowest BCUT2D eigenvalue weighted by Crippen LogP contribution is -2.29. The minimum atomic E-state index is -0.417. The fraction of sp³-hybridized carbons (Fsp3) is 0.194. The van der Waals surface area contributed by atoms with Crippen molar-refractivity contribution in [2.45, 2.75) is 32.8 Å². The molecule has 0 bridgehead atoms. The molecule has 5 rings (SSSR count). The van der Waals surface area contributed by atoms with E-state index in [9.17, 15) is 4.79 Å². The van der Waals surface area contributed by atoms with Gasteiger partial charge in [0, 0.05) is 15.5 Å². The fourth-order valence-electron chi connectivity index (χ4n) is 4.38. The Balaban J connectivity index is 1.57. The van der Waals surface area contributed by atoms with Crippen LogP contribution in [-0.2, 0) is 12.0 Å². The highest BCUT2D eigenvalue weighted by atomic mass is 79.9. The number of fused-ring (bicyclic) bond motifs is 2. The smallest absolute Gasteiger partial charge is 0.282 e. The normalized spacial score (nSPS) is 11.9. The molecule has 1 aromatic heterocycles. The van der Waals surface area contributed by atoms with E-state index in [2.05, 4.69) is 45.3 Å². The third kappa shape index (κ3) is 5.07. The summed E-state index contributed by atoms with van der Waals surface area (Å²) in [6.07, 6.45) is 1.63. The van der Waals surface area contributed by atoms with Gasteiger partial charge in [0.15, 0.2) is 11.5 Å². The number of rotatable bonds is 6. The van der Waals surface area contributed by atoms with Crippen LogP contribution in [-0.4, -0.2) is 23.0 Å². The number of methoxy groups -OCH3 is 1. The van der Waals surface area contributed by atoms with Gasteiger partial charge in [-0.2, -0.15) is 9.78 Å². The molecule has 0 unspecified atom stereocenters. The van der Waals surface area contributed by atoms with Crippen molar-refractivity contribution in [2.24, 2.45) is 5.10 Å². The van der Waals surface area contributed by atoms with Gasteiger partial charge < -0.3 is 9.47 Å². The first kappa shape index (κ1) is 25.7. The third-order valence-electron chi connectivity index (χ3n) is 6.27. The zero-order valence-corrected chi connectivity index (χ0v) is 23.3. The molecule has 0 fully saturated rings. The third-order valence-corrected chi connectivity index (χ3v) is 6.77. The first-order chi connectivity index (χ1) is 18.3. The monoisotopic (exact) mass is 569 g/mol. The molecule has 5 aromatic rings. The molecule has 1 heterocycles. The van der Waals surface area contributed by atoms with Gasteiger partial charge in [-0.15, -0.1) is 0 Å². The molecule has 0 aliphatic rings. The average molecular weight is 570 g/mol. The van der Waals surface area contributed by atoms with Crippen LogP contribution in [0.3, 0.4) is 0 Å². The summed E-state index contributed by atoms with van der Waals surface area (Å²) in [6.45, 7) is 6.38. The van der Waals surface area contributed by atoms with Gasteiger partial charge in [0.05, 0.1) is 24.2 Å². The van der Waals surface area contributed by atoms with Crippen molar-refractivity contribution >= 4 is 43.8 Å². The molecule has 0 amide bonds. The van der Waals surface area contributed by atoms with Gasteiger partial charge >= 0.3 is 0 Å². The van der Waals surface area contributed by atoms with Crippen LogP contribution in [0.25, 0.3) is 21.7 Å². The van der Waals surface area contributed by atoms with Gasteiger partial charge in [0.1, 0.15) is 12.4 Å². The molecule has 0 aliphatic heterocycles. The summed E-state index contributed by atoms with van der Waals surface area (Å²) in [6, 6.07) is 25.5. The van der Waals surface area contributed by atoms with Crippen LogP contribution in [0, 0.1) is 0 Å². The SMILES string of the molecule is COc1cccc(C=Nn2c(C(C)(C)C)nc3ccc(Br)cc3c2=O)c1OCc1cccc2ccccc12. The molecule has 0 N–H and O–H groups in total. The predicted octanol–water partition coefficient (Wildman–Crippen LogP) is 7.08. The molecule has 6 nitrogen and oxygen atoms in total. The predicted molar refractivity (Wildman–Crippen MR) is 157 cm³/mol. The molecule has 0 atom stereocenters. The summed E-state index contributed by atoms with van der Waals surface area (Å²) in [4.78, 5) is 18.3. The summed E-state index contributed by atoms with van der Waals surface area (Å²) in [7, 11) is 1.61. The standard InChI is InChI=1S/C31H28BrN3O3/c1-31(2,3)30-34-26-16-15-23(32)17-25(26)29(36)35(30)33-18-21-11-8-14-27(37-4)28(21)38-19-22-12-7-10-20-9-5-6-13-24(20)22/h5-18H,19H2,1-4H3. The highest BCUT2D eigenvalue weighted by Gasteiger charge is 2.23. The van der Waals surface area contributed by atoms with Crippen LogP contribution in [0.2, 0.25) is 0 Å². The first-order valence-corrected chi connectivity index (χ1v) is 13.1. The largest absolute Gasteiger partial charge is 0.493 e. The summed E-state index contributed by atoms with van der Waals surface area (Å²) >= 11 is 3.46. The van der Waals surface area contributed by atoms with Crippen molar-refractivity contribution in [2.75, 3.05) is 7.11 Å². The van der Waals surface area contributed by atoms with Gasteiger partial charge in [0.2, 0.25) is 0 Å². The molecule has 0 radical (unpaired) electrons. The Kier molecular flexibility index (Phi) is 7.04. The number of benzene rings is 4. The molecule has 38 heavy (non-hydrogen) atoms. The highest BCUT2D eigenvalue weighted by molar-refractivity contribution is 9.10. The Labute approximate surface area is 229 Å². The van der Waals surface area contributed by atoms with E-state index in [4.69, 9.17) is 14.5 Å². The molecule has 0 aliphatic carbocycles. The van der Waals surface area contributed by atoms with Crippen molar-refractivity contribution in [3.8, 4) is 11.5 Å². The molecular formula is C31H28BrN3O3. The second kappa shape index (κ2) is 10.4. The van der Waals surface area contributed by atoms with Crippen LogP contribution in [0.5, 0.6) is 11.5 Å². The van der Waals surface area contributed by atoms with E-state index in [0.29, 0.717) is 40.4 Å². The average Bonchev–Trinajstić information content (AvgIpc) is 2.91. The van der Waals surface area contributed by atoms with Crippen LogP contribution < -0.4 is 15.0 Å². The molecule has 0 spiro atoms. The van der Waals surface area contributed by atoms with E-state index in [-0.39, 0.29) is 5.56 Å². The summed E-state index contributed by atoms with van der Waals surface area (Å²) in [5.74, 6) is 1.70. The van der Waals surface area contributed by atoms with Crippen molar-refractivity contribution in [1.82, 2.24) is 9.66 Å². The van der Waals surface area contributed by atoms with Gasteiger partial charge in [-0.25, -0.2) is 4.98 Å². The quantitative estimate of drug-likeness (QED) is 0.205. The number of hydrogen-bond acceptors (Lipinski definition) is 5. The van der Waals surface area contributed by atoms with Crippen LogP contribution in [0.4, 0.5) is 0 Å². The Morgan fingerprint density at radius 3 is 2.53 bits per heavy atom. The van der Waals surface area contributed by atoms with E-state index in [0.717, 1.165) is 20.8 Å². The van der Waals surface area contributed by atoms with Crippen LogP contribution in [0.15, 0.2) is 93.2 Å². The van der Waals surface area contributed by atoms with Crippen molar-refractivity contribution < 1.29 is 9.47 Å². The van der Waals surface area contributed by atoms with Crippen molar-refractivity contribution in [3.05, 3.63) is 111 Å². The number of para-hydroxylation sites is 1. The Morgan fingerprint density at radius 2 is 1.74 bits per heavy atom. The maximum absolute atomic E-state index is 13.5. The Hall–Kier alpha value is -3.97. The molecular weight excluding hydrogens is 542 g/mol. The van der Waals surface area contributed by atoms with E-state index in [1.807, 2.05) is 69.3 Å². The zero-order chi connectivity index (χ0) is 26.9. The zero-order valence-electron chi connectivity index (χ0n) is 21.7. The highest BCUT2D eigenvalue weighted by Crippen LogP contribution is 2.32. The summed E-state index contributed by atoms with van der Waals surface area (Å²) in [5.41, 5.74) is 1.73. The lowest BCUT2D eigenvalue weighted by atomic mass is 9.95. The number of hydrogen-bond donors (Lipinski definition) is 0. The first-order valence-electron chi connectivity index (χ1n) is 12.3. The maximum Gasteiger partial charge on any atom is 0.282 e. The minimum Gasteiger partial charge on any atom is -0.493 e. The molecule has 0 saturated carbocycles. The number of nitrogens with zero attached hydrogens (tertiary/aromatic N) is 3. The lowest BCUT2D eigenvalue weighted by Gasteiger charge is -2.21. The number of aromatic nitrogens is 2. The fourth-order valence-corrected chi connectivity index (χ4v) is 4.74. The van der Waals surface area contributed by atoms with Crippen LogP contribution >= 0.6 is 15.9 Å². The van der Waals surface area contributed by atoms with Gasteiger partial charge in [-0.05, 0) is 46.7 Å². The Morgan fingerprint density at radius 1 is 0.974 bits per heavy atom. The topological polar surface area (TPSA) is 65.7 Å². The van der Waals surface area contributed by atoms with Crippen LogP contribution in [0.1, 0.15) is 37.7 Å². The number of ether oxygens (including phenoxy) is 2. The molecule has 4 aromatic carbocycles. The summed E-state index contributed by atoms with van der Waals surface area (Å²) < 4.78 is 14.1. The Bertz CT molecular complexity index is 1730. The molecule has 7 heteroatoms. The minimum absolute atomic E-state index is 0.237. The van der Waals surface area contributed by atoms with E-state index in [1.54, 1.807) is 19.4 Å². The van der Waals surface area contributed by atoms with Gasteiger partial charge in [0.25, 0.3) is 5.56 Å². The molecule has 0 saturated heterocycles. The van der Waals surface area contributed by atoms with Crippen molar-refractivity contribution in [3.63, 3.8) is 0 Å². The van der Waals surface area contributed by atoms with E-state index in [1.165, 1.54) is 4.68 Å². The maximum atomic E-state index is 13.5.